The molecule has 0 aromatic heterocycles. The van der Waals surface area contributed by atoms with E-state index in [1.807, 2.05) is 13.0 Å². The van der Waals surface area contributed by atoms with Gasteiger partial charge in [-0.25, -0.2) is 0 Å². The molecule has 1 heterocycles. The smallest absolute Gasteiger partial charge is 0.257 e. The molecule has 1 atom stereocenters. The van der Waals surface area contributed by atoms with Crippen LogP contribution in [0.15, 0.2) is 18.2 Å². The van der Waals surface area contributed by atoms with Crippen LogP contribution in [0.1, 0.15) is 69.3 Å². The highest BCUT2D eigenvalue weighted by molar-refractivity contribution is 5.97. The molecule has 144 valence electrons. The number of nitrogens with one attached hydrogen (secondary N) is 1. The summed E-state index contributed by atoms with van der Waals surface area (Å²) >= 11 is 0. The molecule has 0 saturated carbocycles. The number of piperidine rings is 1. The zero-order valence-corrected chi connectivity index (χ0v) is 16.6. The number of carbonyl (C=O) groups is 2. The number of amides is 2. The maximum absolute atomic E-state index is 12.8. The molecule has 0 spiro atoms. The van der Waals surface area contributed by atoms with Crippen LogP contribution >= 0.6 is 0 Å². The molecular formula is C21H32N2O3. The Morgan fingerprint density at radius 2 is 1.73 bits per heavy atom. The Morgan fingerprint density at radius 1 is 1.12 bits per heavy atom. The van der Waals surface area contributed by atoms with Gasteiger partial charge in [0.2, 0.25) is 5.91 Å². The third kappa shape index (κ3) is 4.77. The van der Waals surface area contributed by atoms with Gasteiger partial charge in [0.1, 0.15) is 5.75 Å². The number of nitrogens with zero attached hydrogens (tertiary/aromatic N) is 1. The van der Waals surface area contributed by atoms with E-state index in [1.54, 1.807) is 17.0 Å². The second-order valence-corrected chi connectivity index (χ2v) is 8.04. The monoisotopic (exact) mass is 360 g/mol. The van der Waals surface area contributed by atoms with Gasteiger partial charge >= 0.3 is 0 Å². The van der Waals surface area contributed by atoms with Crippen molar-refractivity contribution in [3.63, 3.8) is 0 Å². The van der Waals surface area contributed by atoms with E-state index >= 15 is 0 Å². The van der Waals surface area contributed by atoms with Crippen molar-refractivity contribution in [1.82, 2.24) is 10.2 Å². The Morgan fingerprint density at radius 3 is 2.27 bits per heavy atom. The number of carbonyl (C=O) groups excluding carboxylic acids is 2. The third-order valence-corrected chi connectivity index (χ3v) is 5.44. The number of rotatable bonds is 5. The van der Waals surface area contributed by atoms with Gasteiger partial charge in [0.15, 0.2) is 0 Å². The van der Waals surface area contributed by atoms with Crippen LogP contribution in [0.25, 0.3) is 0 Å². The van der Waals surface area contributed by atoms with E-state index in [0.717, 1.165) is 5.56 Å². The zero-order valence-electron chi connectivity index (χ0n) is 16.6. The Bertz CT molecular complexity index is 647. The Labute approximate surface area is 156 Å². The molecule has 2 amide bonds. The summed E-state index contributed by atoms with van der Waals surface area (Å²) < 4.78 is 0. The van der Waals surface area contributed by atoms with Crippen molar-refractivity contribution in [2.75, 3.05) is 13.1 Å². The van der Waals surface area contributed by atoms with Crippen LogP contribution < -0.4 is 5.32 Å². The predicted molar refractivity (Wildman–Crippen MR) is 103 cm³/mol. The molecule has 1 aliphatic rings. The number of phenols is 1. The SMILES string of the molecule is CC(C)c1ccc(O)c(C(=O)N2CCC(C(=O)NC(C)C(C)C)CC2)c1. The predicted octanol–water partition coefficient (Wildman–Crippen LogP) is 3.53. The molecular weight excluding hydrogens is 328 g/mol. The molecule has 5 nitrogen and oxygen atoms in total. The van der Waals surface area contributed by atoms with E-state index in [1.165, 1.54) is 0 Å². The summed E-state index contributed by atoms with van der Waals surface area (Å²) in [7, 11) is 0. The summed E-state index contributed by atoms with van der Waals surface area (Å²) in [6, 6.07) is 5.38. The molecule has 1 unspecified atom stereocenters. The number of hydrogen-bond donors (Lipinski definition) is 2. The van der Waals surface area contributed by atoms with Gasteiger partial charge in [0.25, 0.3) is 5.91 Å². The molecule has 1 fully saturated rings. The van der Waals surface area contributed by atoms with Crippen molar-refractivity contribution in [3.05, 3.63) is 29.3 Å². The van der Waals surface area contributed by atoms with Crippen molar-refractivity contribution in [2.45, 2.75) is 59.4 Å². The average Bonchev–Trinajstić information content (AvgIpc) is 2.61. The quantitative estimate of drug-likeness (QED) is 0.844. The minimum Gasteiger partial charge on any atom is -0.507 e. The molecule has 26 heavy (non-hydrogen) atoms. The summed E-state index contributed by atoms with van der Waals surface area (Å²) in [5, 5.41) is 13.2. The summed E-state index contributed by atoms with van der Waals surface area (Å²) in [6.07, 6.45) is 1.32. The van der Waals surface area contributed by atoms with Gasteiger partial charge in [-0.15, -0.1) is 0 Å². The highest BCUT2D eigenvalue weighted by Gasteiger charge is 2.29. The van der Waals surface area contributed by atoms with Gasteiger partial charge in [0.05, 0.1) is 5.56 Å². The largest absolute Gasteiger partial charge is 0.507 e. The fourth-order valence-corrected chi connectivity index (χ4v) is 3.11. The molecule has 0 bridgehead atoms. The lowest BCUT2D eigenvalue weighted by atomic mass is 9.94. The highest BCUT2D eigenvalue weighted by Crippen LogP contribution is 2.26. The number of phenolic OH excluding ortho intramolecular Hbond substituents is 1. The Kier molecular flexibility index (Phi) is 6.68. The summed E-state index contributed by atoms with van der Waals surface area (Å²) in [5.74, 6) is 0.597. The fraction of sp³-hybridized carbons (Fsp3) is 0.619. The number of likely N-dealkylation sites (tertiary alicyclic amines) is 1. The second-order valence-electron chi connectivity index (χ2n) is 8.04. The van der Waals surface area contributed by atoms with E-state index in [4.69, 9.17) is 0 Å². The molecule has 1 aromatic rings. The van der Waals surface area contributed by atoms with Crippen molar-refractivity contribution in [1.29, 1.82) is 0 Å². The van der Waals surface area contributed by atoms with Crippen molar-refractivity contribution in [3.8, 4) is 5.75 Å². The Hall–Kier alpha value is -2.04. The maximum atomic E-state index is 12.8. The van der Waals surface area contributed by atoms with E-state index < -0.39 is 0 Å². The minimum absolute atomic E-state index is 0.0185. The first-order valence-corrected chi connectivity index (χ1v) is 9.63. The van der Waals surface area contributed by atoms with Gasteiger partial charge in [-0.05, 0) is 49.3 Å². The summed E-state index contributed by atoms with van der Waals surface area (Å²) in [4.78, 5) is 26.9. The standard InChI is InChI=1S/C21H32N2O3/c1-13(2)15(5)22-20(25)16-8-10-23(11-9-16)21(26)18-12-17(14(3)4)6-7-19(18)24/h6-7,12-16,24H,8-11H2,1-5H3,(H,22,25). The van der Waals surface area contributed by atoms with Crippen molar-refractivity contribution in [2.24, 2.45) is 11.8 Å². The van der Waals surface area contributed by atoms with E-state index in [-0.39, 0.29) is 29.5 Å². The average molecular weight is 360 g/mol. The first kappa shape index (κ1) is 20.3. The van der Waals surface area contributed by atoms with Crippen molar-refractivity contribution < 1.29 is 14.7 Å². The van der Waals surface area contributed by atoms with Gasteiger partial charge in [-0.2, -0.15) is 0 Å². The van der Waals surface area contributed by atoms with E-state index in [0.29, 0.717) is 43.3 Å². The molecule has 2 rings (SSSR count). The summed E-state index contributed by atoms with van der Waals surface area (Å²) in [5.41, 5.74) is 1.38. The number of benzene rings is 1. The lowest BCUT2D eigenvalue weighted by molar-refractivity contribution is -0.127. The number of aromatic hydroxyl groups is 1. The topological polar surface area (TPSA) is 69.6 Å². The molecule has 0 aliphatic carbocycles. The van der Waals surface area contributed by atoms with E-state index in [9.17, 15) is 14.7 Å². The second kappa shape index (κ2) is 8.56. The maximum Gasteiger partial charge on any atom is 0.257 e. The van der Waals surface area contributed by atoms with Gasteiger partial charge in [-0.3, -0.25) is 9.59 Å². The molecule has 1 saturated heterocycles. The van der Waals surface area contributed by atoms with Crippen LogP contribution in [-0.4, -0.2) is 41.0 Å². The first-order valence-electron chi connectivity index (χ1n) is 9.63. The lowest BCUT2D eigenvalue weighted by Crippen LogP contribution is -2.45. The molecule has 2 N–H and O–H groups in total. The molecule has 0 radical (unpaired) electrons. The van der Waals surface area contributed by atoms with Crippen LogP contribution in [0, 0.1) is 11.8 Å². The van der Waals surface area contributed by atoms with Gasteiger partial charge in [0, 0.05) is 25.0 Å². The zero-order chi connectivity index (χ0) is 19.4. The van der Waals surface area contributed by atoms with Crippen LogP contribution in [-0.2, 0) is 4.79 Å². The van der Waals surface area contributed by atoms with Gasteiger partial charge in [-0.1, -0.05) is 33.8 Å². The third-order valence-electron chi connectivity index (χ3n) is 5.44. The van der Waals surface area contributed by atoms with Crippen molar-refractivity contribution >= 4 is 11.8 Å². The fourth-order valence-electron chi connectivity index (χ4n) is 3.11. The minimum atomic E-state index is -0.153. The number of hydrogen-bond acceptors (Lipinski definition) is 3. The lowest BCUT2D eigenvalue weighted by Gasteiger charge is -2.32. The van der Waals surface area contributed by atoms with Crippen LogP contribution in [0.2, 0.25) is 0 Å². The highest BCUT2D eigenvalue weighted by atomic mass is 16.3. The van der Waals surface area contributed by atoms with Crippen LogP contribution in [0.4, 0.5) is 0 Å². The van der Waals surface area contributed by atoms with Crippen LogP contribution in [0.3, 0.4) is 0 Å². The summed E-state index contributed by atoms with van der Waals surface area (Å²) in [6.45, 7) is 11.4. The van der Waals surface area contributed by atoms with Crippen LogP contribution in [0.5, 0.6) is 5.75 Å². The van der Waals surface area contributed by atoms with Gasteiger partial charge < -0.3 is 15.3 Å². The first-order chi connectivity index (χ1) is 12.2. The molecule has 1 aromatic carbocycles. The molecule has 5 heteroatoms. The Balaban J connectivity index is 1.98. The normalized spacial score (nSPS) is 16.8. The van der Waals surface area contributed by atoms with E-state index in [2.05, 4.69) is 33.0 Å². The molecule has 1 aliphatic heterocycles.